The Morgan fingerprint density at radius 1 is 0.914 bits per heavy atom. The first-order valence-corrected chi connectivity index (χ1v) is 12.0. The number of benzene rings is 3. The van der Waals surface area contributed by atoms with Gasteiger partial charge >= 0.3 is 0 Å². The Morgan fingerprint density at radius 3 is 2.29 bits per heavy atom. The first-order chi connectivity index (χ1) is 17.0. The average Bonchev–Trinajstić information content (AvgIpc) is 2.87. The van der Waals surface area contributed by atoms with E-state index in [-0.39, 0.29) is 25.0 Å². The van der Waals surface area contributed by atoms with Gasteiger partial charge in [0.05, 0.1) is 11.6 Å². The third kappa shape index (κ3) is 8.28. The van der Waals surface area contributed by atoms with E-state index in [0.717, 1.165) is 11.1 Å². The predicted molar refractivity (Wildman–Crippen MR) is 138 cm³/mol. The molecule has 3 rings (SSSR count). The number of amides is 2. The summed E-state index contributed by atoms with van der Waals surface area (Å²) in [6, 6.07) is 22.9. The topological polar surface area (TPSA) is 67.9 Å². The van der Waals surface area contributed by atoms with Crippen molar-refractivity contribution >= 4 is 35.0 Å². The van der Waals surface area contributed by atoms with Crippen LogP contribution < -0.4 is 10.1 Å². The lowest BCUT2D eigenvalue weighted by atomic mass is 10.0. The summed E-state index contributed by atoms with van der Waals surface area (Å²) in [5, 5.41) is 3.87. The second-order valence-corrected chi connectivity index (χ2v) is 8.70. The van der Waals surface area contributed by atoms with E-state index >= 15 is 0 Å². The minimum atomic E-state index is -0.771. The molecule has 6 nitrogen and oxygen atoms in total. The fourth-order valence-electron chi connectivity index (χ4n) is 3.52. The van der Waals surface area contributed by atoms with Crippen molar-refractivity contribution in [1.29, 1.82) is 0 Å². The zero-order chi connectivity index (χ0) is 25.0. The summed E-state index contributed by atoms with van der Waals surface area (Å²) in [5.41, 5.74) is 1.77. The van der Waals surface area contributed by atoms with Crippen molar-refractivity contribution in [3.63, 3.8) is 0 Å². The molecule has 8 heteroatoms. The number of methoxy groups -OCH3 is 1. The van der Waals surface area contributed by atoms with E-state index in [2.05, 4.69) is 5.32 Å². The van der Waals surface area contributed by atoms with E-state index in [4.69, 9.17) is 32.7 Å². The Bertz CT molecular complexity index is 1090. The number of ether oxygens (including phenoxy) is 2. The second-order valence-electron chi connectivity index (χ2n) is 7.86. The van der Waals surface area contributed by atoms with Crippen LogP contribution in [0.1, 0.15) is 11.1 Å². The molecule has 0 unspecified atom stereocenters. The van der Waals surface area contributed by atoms with Crippen LogP contribution in [0.3, 0.4) is 0 Å². The van der Waals surface area contributed by atoms with Crippen LogP contribution in [0.2, 0.25) is 10.0 Å². The Hall–Kier alpha value is -3.06. The molecule has 0 aliphatic heterocycles. The van der Waals surface area contributed by atoms with Crippen molar-refractivity contribution in [3.8, 4) is 5.75 Å². The van der Waals surface area contributed by atoms with Gasteiger partial charge in [0, 0.05) is 31.6 Å². The molecule has 1 N–H and O–H groups in total. The van der Waals surface area contributed by atoms with Crippen LogP contribution in [-0.4, -0.2) is 49.6 Å². The van der Waals surface area contributed by atoms with Crippen LogP contribution in [0.5, 0.6) is 5.75 Å². The zero-order valence-electron chi connectivity index (χ0n) is 19.5. The van der Waals surface area contributed by atoms with Gasteiger partial charge in [-0.3, -0.25) is 9.59 Å². The van der Waals surface area contributed by atoms with Crippen LogP contribution in [0.15, 0.2) is 78.9 Å². The zero-order valence-corrected chi connectivity index (χ0v) is 21.0. The van der Waals surface area contributed by atoms with Crippen molar-refractivity contribution in [2.45, 2.75) is 19.0 Å². The molecule has 184 valence electrons. The summed E-state index contributed by atoms with van der Waals surface area (Å²) in [5.74, 6) is -0.216. The summed E-state index contributed by atoms with van der Waals surface area (Å²) in [6.45, 7) is 0.634. The molecule has 0 aliphatic rings. The number of nitrogens with zero attached hydrogens (tertiary/aromatic N) is 1. The highest BCUT2D eigenvalue weighted by Crippen LogP contribution is 2.23. The quantitative estimate of drug-likeness (QED) is 0.353. The van der Waals surface area contributed by atoms with Crippen LogP contribution >= 0.6 is 23.2 Å². The molecule has 0 fully saturated rings. The Morgan fingerprint density at radius 2 is 1.60 bits per heavy atom. The largest absolute Gasteiger partial charge is 0.482 e. The standard InChI is InChI=1S/C27H28Cl2N2O4/c1-34-16-15-30-27(33)24(17-20-7-3-2-4-8-20)31(18-21-11-13-22(28)14-12-21)26(32)19-35-25-10-6-5-9-23(25)29/h2-14,24H,15-19H2,1H3,(H,30,33)/t24-/m0/s1. The lowest BCUT2D eigenvalue weighted by Crippen LogP contribution is -2.52. The third-order valence-corrected chi connectivity index (χ3v) is 5.89. The summed E-state index contributed by atoms with van der Waals surface area (Å²) >= 11 is 12.2. The predicted octanol–water partition coefficient (Wildman–Crippen LogP) is 4.77. The fourth-order valence-corrected chi connectivity index (χ4v) is 3.84. The molecule has 3 aromatic carbocycles. The fraction of sp³-hybridized carbons (Fsp3) is 0.259. The summed E-state index contributed by atoms with van der Waals surface area (Å²) in [4.78, 5) is 28.3. The van der Waals surface area contributed by atoms with E-state index in [9.17, 15) is 9.59 Å². The first-order valence-electron chi connectivity index (χ1n) is 11.2. The normalized spacial score (nSPS) is 11.5. The van der Waals surface area contributed by atoms with Crippen molar-refractivity contribution in [3.05, 3.63) is 100 Å². The lowest BCUT2D eigenvalue weighted by molar-refractivity contribution is -0.142. The van der Waals surface area contributed by atoms with Crippen molar-refractivity contribution in [1.82, 2.24) is 10.2 Å². The SMILES string of the molecule is COCCNC(=O)[C@H](Cc1ccccc1)N(Cc1ccc(Cl)cc1)C(=O)COc1ccccc1Cl. The molecule has 3 aromatic rings. The van der Waals surface area contributed by atoms with E-state index in [1.54, 1.807) is 43.5 Å². The highest BCUT2D eigenvalue weighted by Gasteiger charge is 2.30. The van der Waals surface area contributed by atoms with Crippen LogP contribution in [0, 0.1) is 0 Å². The van der Waals surface area contributed by atoms with Gasteiger partial charge in [-0.25, -0.2) is 0 Å². The monoisotopic (exact) mass is 514 g/mol. The minimum Gasteiger partial charge on any atom is -0.482 e. The maximum atomic E-state index is 13.5. The van der Waals surface area contributed by atoms with E-state index in [1.807, 2.05) is 42.5 Å². The van der Waals surface area contributed by atoms with Gasteiger partial charge in [0.2, 0.25) is 5.91 Å². The smallest absolute Gasteiger partial charge is 0.261 e. The molecule has 0 saturated carbocycles. The van der Waals surface area contributed by atoms with Gasteiger partial charge in [-0.05, 0) is 35.4 Å². The summed E-state index contributed by atoms with van der Waals surface area (Å²) in [6.07, 6.45) is 0.338. The maximum absolute atomic E-state index is 13.5. The van der Waals surface area contributed by atoms with Gasteiger partial charge in [-0.1, -0.05) is 77.8 Å². The minimum absolute atomic E-state index is 0.205. The molecule has 0 spiro atoms. The average molecular weight is 515 g/mol. The molecule has 0 aromatic heterocycles. The number of hydrogen-bond acceptors (Lipinski definition) is 4. The van der Waals surface area contributed by atoms with E-state index in [1.165, 1.54) is 4.90 Å². The molecule has 0 heterocycles. The van der Waals surface area contributed by atoms with Crippen molar-refractivity contribution in [2.24, 2.45) is 0 Å². The number of halogens is 2. The molecule has 0 saturated heterocycles. The van der Waals surface area contributed by atoms with Crippen LogP contribution in [-0.2, 0) is 27.3 Å². The number of rotatable bonds is 12. The molecule has 0 radical (unpaired) electrons. The van der Waals surface area contributed by atoms with Crippen LogP contribution in [0.25, 0.3) is 0 Å². The molecule has 2 amide bonds. The second kappa shape index (κ2) is 13.7. The van der Waals surface area contributed by atoms with Gasteiger partial charge < -0.3 is 19.7 Å². The highest BCUT2D eigenvalue weighted by atomic mass is 35.5. The molecular weight excluding hydrogens is 487 g/mol. The number of hydrogen-bond donors (Lipinski definition) is 1. The molecule has 1 atom stereocenters. The number of carbonyl (C=O) groups excluding carboxylic acids is 2. The number of para-hydroxylation sites is 1. The van der Waals surface area contributed by atoms with Gasteiger partial charge in [0.15, 0.2) is 6.61 Å². The molecule has 35 heavy (non-hydrogen) atoms. The Balaban J connectivity index is 1.88. The number of carbonyl (C=O) groups is 2. The van der Waals surface area contributed by atoms with Crippen LogP contribution in [0.4, 0.5) is 0 Å². The van der Waals surface area contributed by atoms with Crippen molar-refractivity contribution in [2.75, 3.05) is 26.9 Å². The summed E-state index contributed by atoms with van der Waals surface area (Å²) < 4.78 is 10.8. The molecule has 0 bridgehead atoms. The Labute approximate surface area is 215 Å². The Kier molecular flexibility index (Phi) is 10.4. The first kappa shape index (κ1) is 26.5. The lowest BCUT2D eigenvalue weighted by Gasteiger charge is -2.31. The molecule has 0 aliphatic carbocycles. The van der Waals surface area contributed by atoms with Gasteiger partial charge in [0.25, 0.3) is 5.91 Å². The van der Waals surface area contributed by atoms with Gasteiger partial charge in [0.1, 0.15) is 11.8 Å². The van der Waals surface area contributed by atoms with E-state index in [0.29, 0.717) is 35.4 Å². The van der Waals surface area contributed by atoms with Crippen molar-refractivity contribution < 1.29 is 19.1 Å². The highest BCUT2D eigenvalue weighted by molar-refractivity contribution is 6.32. The van der Waals surface area contributed by atoms with Gasteiger partial charge in [-0.2, -0.15) is 0 Å². The third-order valence-electron chi connectivity index (χ3n) is 5.33. The summed E-state index contributed by atoms with van der Waals surface area (Å²) in [7, 11) is 1.57. The number of nitrogens with one attached hydrogen (secondary N) is 1. The maximum Gasteiger partial charge on any atom is 0.261 e. The van der Waals surface area contributed by atoms with Gasteiger partial charge in [-0.15, -0.1) is 0 Å². The van der Waals surface area contributed by atoms with E-state index < -0.39 is 6.04 Å². The molecular formula is C27H28Cl2N2O4.